The Labute approximate surface area is 125 Å². The third-order valence-corrected chi connectivity index (χ3v) is 4.68. The Kier molecular flexibility index (Phi) is 3.74. The monoisotopic (exact) mass is 304 g/mol. The summed E-state index contributed by atoms with van der Waals surface area (Å²) in [5.41, 5.74) is 7.60. The summed E-state index contributed by atoms with van der Waals surface area (Å²) in [6.45, 7) is 1.05. The summed E-state index contributed by atoms with van der Waals surface area (Å²) in [6, 6.07) is 9.00. The Morgan fingerprint density at radius 3 is 2.71 bits per heavy atom. The average Bonchev–Trinajstić information content (AvgIpc) is 2.97. The van der Waals surface area contributed by atoms with Crippen molar-refractivity contribution in [1.82, 2.24) is 14.7 Å². The molecule has 1 aliphatic heterocycles. The Balaban J connectivity index is 1.78. The molecule has 1 aliphatic rings. The fourth-order valence-corrected chi connectivity index (χ4v) is 3.30. The zero-order valence-corrected chi connectivity index (χ0v) is 12.3. The van der Waals surface area contributed by atoms with E-state index in [4.69, 9.17) is 5.73 Å². The molecule has 1 aromatic carbocycles. The minimum Gasteiger partial charge on any atom is -0.399 e. The number of rotatable bonds is 2. The van der Waals surface area contributed by atoms with E-state index in [2.05, 4.69) is 5.10 Å². The third-order valence-electron chi connectivity index (χ3n) is 3.41. The van der Waals surface area contributed by atoms with Crippen LogP contribution in [0.5, 0.6) is 0 Å². The highest BCUT2D eigenvalue weighted by molar-refractivity contribution is 7.85. The van der Waals surface area contributed by atoms with Gasteiger partial charge in [-0.3, -0.25) is 9.00 Å². The van der Waals surface area contributed by atoms with E-state index in [-0.39, 0.29) is 5.91 Å². The summed E-state index contributed by atoms with van der Waals surface area (Å²) in [6.07, 6.45) is 1.74. The van der Waals surface area contributed by atoms with Crippen LogP contribution in [0, 0.1) is 0 Å². The molecule has 1 amide bonds. The van der Waals surface area contributed by atoms with Gasteiger partial charge >= 0.3 is 0 Å². The number of carbonyl (C=O) groups excluding carboxylic acids is 1. The zero-order valence-electron chi connectivity index (χ0n) is 11.4. The summed E-state index contributed by atoms with van der Waals surface area (Å²) >= 11 is 0. The maximum Gasteiger partial charge on any atom is 0.274 e. The Morgan fingerprint density at radius 1 is 1.24 bits per heavy atom. The molecule has 1 saturated heterocycles. The van der Waals surface area contributed by atoms with Gasteiger partial charge in [0, 0.05) is 47.3 Å². The molecule has 2 heterocycles. The van der Waals surface area contributed by atoms with Crippen molar-refractivity contribution < 1.29 is 9.00 Å². The van der Waals surface area contributed by atoms with E-state index in [1.54, 1.807) is 34.0 Å². The van der Waals surface area contributed by atoms with Crippen molar-refractivity contribution in [3.63, 3.8) is 0 Å². The Bertz CT molecular complexity index is 688. The first-order valence-electron chi connectivity index (χ1n) is 6.69. The SMILES string of the molecule is Nc1cccc(-n2ccc(C(=O)N3CCS(=O)CC3)n2)c1. The van der Waals surface area contributed by atoms with Crippen LogP contribution in [0.25, 0.3) is 5.69 Å². The van der Waals surface area contributed by atoms with E-state index in [1.165, 1.54) is 0 Å². The largest absolute Gasteiger partial charge is 0.399 e. The molecule has 3 rings (SSSR count). The zero-order chi connectivity index (χ0) is 14.8. The van der Waals surface area contributed by atoms with Crippen LogP contribution in [0.1, 0.15) is 10.5 Å². The van der Waals surface area contributed by atoms with Gasteiger partial charge in [0.25, 0.3) is 5.91 Å². The lowest BCUT2D eigenvalue weighted by Crippen LogP contribution is -2.42. The van der Waals surface area contributed by atoms with Crippen LogP contribution in [0.2, 0.25) is 0 Å². The van der Waals surface area contributed by atoms with E-state index in [0.717, 1.165) is 5.69 Å². The van der Waals surface area contributed by atoms with Gasteiger partial charge in [0.1, 0.15) is 0 Å². The van der Waals surface area contributed by atoms with Gasteiger partial charge in [-0.2, -0.15) is 5.10 Å². The Morgan fingerprint density at radius 2 is 2.00 bits per heavy atom. The first kappa shape index (κ1) is 13.8. The highest BCUT2D eigenvalue weighted by Gasteiger charge is 2.22. The predicted molar refractivity (Wildman–Crippen MR) is 81.8 cm³/mol. The molecular weight excluding hydrogens is 288 g/mol. The molecule has 110 valence electrons. The van der Waals surface area contributed by atoms with Gasteiger partial charge in [0.05, 0.1) is 5.69 Å². The van der Waals surface area contributed by atoms with Gasteiger partial charge in [-0.05, 0) is 24.3 Å². The number of benzene rings is 1. The Hall–Kier alpha value is -2.15. The second-order valence-corrected chi connectivity index (χ2v) is 6.58. The molecule has 0 unspecified atom stereocenters. The molecule has 0 aliphatic carbocycles. The maximum absolute atomic E-state index is 12.3. The van der Waals surface area contributed by atoms with Gasteiger partial charge in [-0.15, -0.1) is 0 Å². The van der Waals surface area contributed by atoms with E-state index in [1.807, 2.05) is 12.1 Å². The van der Waals surface area contributed by atoms with Crippen LogP contribution >= 0.6 is 0 Å². The standard InChI is InChI=1S/C14H16N4O2S/c15-11-2-1-3-12(10-11)18-5-4-13(16-18)14(19)17-6-8-21(20)9-7-17/h1-5,10H,6-9,15H2. The van der Waals surface area contributed by atoms with Crippen LogP contribution in [-0.2, 0) is 10.8 Å². The highest BCUT2D eigenvalue weighted by Crippen LogP contribution is 2.13. The van der Waals surface area contributed by atoms with Crippen molar-refractivity contribution in [3.8, 4) is 5.69 Å². The number of hydrogen-bond acceptors (Lipinski definition) is 4. The number of aromatic nitrogens is 2. The predicted octanol–water partition coefficient (Wildman–Crippen LogP) is 0.659. The molecule has 0 radical (unpaired) electrons. The van der Waals surface area contributed by atoms with Crippen molar-refractivity contribution in [2.75, 3.05) is 30.3 Å². The van der Waals surface area contributed by atoms with Crippen LogP contribution in [-0.4, -0.2) is 49.4 Å². The molecule has 21 heavy (non-hydrogen) atoms. The molecule has 2 aromatic rings. The van der Waals surface area contributed by atoms with Crippen molar-refractivity contribution in [2.24, 2.45) is 0 Å². The molecule has 7 heteroatoms. The van der Waals surface area contributed by atoms with E-state index >= 15 is 0 Å². The van der Waals surface area contributed by atoms with E-state index in [0.29, 0.717) is 36.0 Å². The smallest absolute Gasteiger partial charge is 0.274 e. The van der Waals surface area contributed by atoms with E-state index in [9.17, 15) is 9.00 Å². The minimum absolute atomic E-state index is 0.116. The molecule has 0 bridgehead atoms. The number of nitrogens with two attached hydrogens (primary N) is 1. The summed E-state index contributed by atoms with van der Waals surface area (Å²) in [5.74, 6) is 0.970. The summed E-state index contributed by atoms with van der Waals surface area (Å²) in [4.78, 5) is 14.0. The van der Waals surface area contributed by atoms with Crippen molar-refractivity contribution in [3.05, 3.63) is 42.2 Å². The summed E-state index contributed by atoms with van der Waals surface area (Å²) < 4.78 is 13.0. The third kappa shape index (κ3) is 2.97. The lowest BCUT2D eigenvalue weighted by Gasteiger charge is -2.25. The topological polar surface area (TPSA) is 81.2 Å². The van der Waals surface area contributed by atoms with Gasteiger partial charge in [-0.1, -0.05) is 6.07 Å². The average molecular weight is 304 g/mol. The second kappa shape index (κ2) is 5.69. The number of carbonyl (C=O) groups is 1. The molecule has 1 fully saturated rings. The highest BCUT2D eigenvalue weighted by atomic mass is 32.2. The van der Waals surface area contributed by atoms with Crippen LogP contribution in [0.15, 0.2) is 36.5 Å². The lowest BCUT2D eigenvalue weighted by molar-refractivity contribution is 0.0765. The summed E-state index contributed by atoms with van der Waals surface area (Å²) in [7, 11) is -0.794. The molecule has 2 N–H and O–H groups in total. The molecule has 1 aromatic heterocycles. The molecule has 0 spiro atoms. The minimum atomic E-state index is -0.794. The second-order valence-electron chi connectivity index (χ2n) is 4.88. The van der Waals surface area contributed by atoms with Gasteiger partial charge < -0.3 is 10.6 Å². The number of amides is 1. The molecule has 0 saturated carbocycles. The first-order chi connectivity index (χ1) is 10.1. The molecule has 6 nitrogen and oxygen atoms in total. The van der Waals surface area contributed by atoms with Crippen LogP contribution < -0.4 is 5.73 Å². The number of nitrogens with zero attached hydrogens (tertiary/aromatic N) is 3. The fourth-order valence-electron chi connectivity index (χ4n) is 2.25. The van der Waals surface area contributed by atoms with Crippen molar-refractivity contribution in [1.29, 1.82) is 0 Å². The van der Waals surface area contributed by atoms with Crippen molar-refractivity contribution >= 4 is 22.4 Å². The summed E-state index contributed by atoms with van der Waals surface area (Å²) in [5, 5.41) is 4.31. The van der Waals surface area contributed by atoms with Crippen LogP contribution in [0.4, 0.5) is 5.69 Å². The van der Waals surface area contributed by atoms with Gasteiger partial charge in [0.2, 0.25) is 0 Å². The van der Waals surface area contributed by atoms with E-state index < -0.39 is 10.8 Å². The number of hydrogen-bond donors (Lipinski definition) is 1. The van der Waals surface area contributed by atoms with Gasteiger partial charge in [0.15, 0.2) is 5.69 Å². The maximum atomic E-state index is 12.3. The fraction of sp³-hybridized carbons (Fsp3) is 0.286. The van der Waals surface area contributed by atoms with Gasteiger partial charge in [-0.25, -0.2) is 4.68 Å². The first-order valence-corrected chi connectivity index (χ1v) is 8.18. The number of anilines is 1. The van der Waals surface area contributed by atoms with Crippen LogP contribution in [0.3, 0.4) is 0 Å². The lowest BCUT2D eigenvalue weighted by atomic mass is 10.3. The quantitative estimate of drug-likeness (QED) is 0.826. The number of nitrogen functional groups attached to an aromatic ring is 1. The molecular formula is C14H16N4O2S. The van der Waals surface area contributed by atoms with Crippen molar-refractivity contribution in [2.45, 2.75) is 0 Å². The molecule has 0 atom stereocenters. The normalized spacial score (nSPS) is 16.1.